The predicted octanol–water partition coefficient (Wildman–Crippen LogP) is -4.35. The molecule has 38 heavy (non-hydrogen) atoms. The topological polar surface area (TPSA) is 150 Å². The summed E-state index contributed by atoms with van der Waals surface area (Å²) < 4.78 is 62.7. The monoisotopic (exact) mass is 591 g/mol. The van der Waals surface area contributed by atoms with E-state index in [0.717, 1.165) is 12.3 Å². The summed E-state index contributed by atoms with van der Waals surface area (Å²) in [5.41, 5.74) is 3.28. The summed E-state index contributed by atoms with van der Waals surface area (Å²) in [6, 6.07) is 2.14. The molecule has 1 amide bonds. The maximum absolute atomic E-state index is 14.9. The number of carboxylic acid groups (broad SMARTS) is 2. The number of anilines is 1. The molecule has 1 saturated heterocycles. The summed E-state index contributed by atoms with van der Waals surface area (Å²) in [4.78, 5) is 32.9. The molecule has 1 fully saturated rings. The minimum atomic E-state index is -4.75. The molecule has 2 aromatic rings. The molecule has 0 radical (unpaired) electrons. The van der Waals surface area contributed by atoms with Gasteiger partial charge in [-0.2, -0.15) is 13.2 Å². The summed E-state index contributed by atoms with van der Waals surface area (Å²) >= 11 is 0. The summed E-state index contributed by atoms with van der Waals surface area (Å²) in [6.07, 6.45) is -5.46. The maximum atomic E-state index is 14.9. The largest absolute Gasteiger partial charge is 1.00 e. The first kappa shape index (κ1) is 35.7. The summed E-state index contributed by atoms with van der Waals surface area (Å²) in [7, 11) is 0. The Bertz CT molecular complexity index is 1210. The third-order valence-corrected chi connectivity index (χ3v) is 5.87. The first-order valence-electron chi connectivity index (χ1n) is 10.8. The quantitative estimate of drug-likeness (QED) is 0.270. The van der Waals surface area contributed by atoms with Crippen LogP contribution in [0.1, 0.15) is 58.7 Å². The third-order valence-electron chi connectivity index (χ3n) is 5.87. The molecule has 1 atom stereocenters. The zero-order valence-corrected chi connectivity index (χ0v) is 27.6. The van der Waals surface area contributed by atoms with Gasteiger partial charge in [0.15, 0.2) is 5.78 Å². The molecule has 196 valence electrons. The number of Topliss-reactive ketones (excluding diaryl/α,β-unsaturated/α-hetero) is 1. The van der Waals surface area contributed by atoms with Crippen LogP contribution in [0.15, 0.2) is 18.3 Å². The van der Waals surface area contributed by atoms with E-state index in [0.29, 0.717) is 19.6 Å². The van der Waals surface area contributed by atoms with E-state index in [2.05, 4.69) is 5.32 Å². The van der Waals surface area contributed by atoms with Gasteiger partial charge >= 0.3 is 109 Å². The number of halogens is 4. The second-order valence-corrected chi connectivity index (χ2v) is 9.34. The van der Waals surface area contributed by atoms with Crippen molar-refractivity contribution in [2.75, 3.05) is 18.5 Å². The number of ketones is 1. The summed E-state index contributed by atoms with van der Waals surface area (Å²) in [5, 5.41) is 19.7. The Morgan fingerprint density at radius 3 is 2.29 bits per heavy atom. The van der Waals surface area contributed by atoms with Gasteiger partial charge in [-0.25, -0.2) is 4.39 Å². The fraction of sp³-hybridized carbons (Fsp3) is 0.435. The van der Waals surface area contributed by atoms with Crippen LogP contribution in [0.3, 0.4) is 0 Å². The minimum absolute atomic E-state index is 0. The van der Waals surface area contributed by atoms with E-state index in [1.807, 2.05) is 0 Å². The van der Waals surface area contributed by atoms with Crippen molar-refractivity contribution in [3.8, 4) is 5.69 Å². The van der Waals surface area contributed by atoms with E-state index in [9.17, 15) is 27.2 Å². The smallest absolute Gasteiger partial charge is 0.652 e. The molecule has 1 aromatic carbocycles. The summed E-state index contributed by atoms with van der Waals surface area (Å²) in [6.45, 7) is 4.41. The number of nitrogens with two attached hydrogens (primary N) is 1. The molecule has 1 aliphatic carbocycles. The number of ether oxygens (including phenoxy) is 1. The molecule has 15 heteroatoms. The minimum Gasteiger partial charge on any atom is -0.652 e. The Balaban J connectivity index is 0.00000113. The molecule has 2 aliphatic rings. The fourth-order valence-electron chi connectivity index (χ4n) is 4.48. The first-order chi connectivity index (χ1) is 16.6. The predicted molar refractivity (Wildman–Crippen MR) is 114 cm³/mol. The van der Waals surface area contributed by atoms with Gasteiger partial charge in [0, 0.05) is 24.9 Å². The molecular weight excluding hydrogens is 568 g/mol. The molecule has 3 N–H and O–H groups in total. The number of amides is 1. The van der Waals surface area contributed by atoms with E-state index >= 15 is 0 Å². The second-order valence-electron chi connectivity index (χ2n) is 9.34. The molecule has 2 heterocycles. The third kappa shape index (κ3) is 8.58. The van der Waals surface area contributed by atoms with Crippen LogP contribution in [-0.2, 0) is 17.3 Å². The van der Waals surface area contributed by atoms with E-state index < -0.39 is 40.8 Å². The average Bonchev–Trinajstić information content (AvgIpc) is 3.33. The van der Waals surface area contributed by atoms with Gasteiger partial charge < -0.3 is 35.4 Å². The van der Waals surface area contributed by atoms with Gasteiger partial charge in [0.2, 0.25) is 0 Å². The van der Waals surface area contributed by atoms with Crippen molar-refractivity contribution in [1.82, 2.24) is 4.57 Å². The van der Waals surface area contributed by atoms with Crippen LogP contribution in [0.2, 0.25) is 0 Å². The number of nitrogens with one attached hydrogen (secondary N) is 1. The Labute approximate surface area is 300 Å². The number of nitrogens with zero attached hydrogens (tertiary/aromatic N) is 1. The normalized spacial score (nSPS) is 17.7. The number of alkyl halides is 3. The number of aromatic nitrogens is 1. The molecular formula is C23H23F4K2N3O6. The zero-order chi connectivity index (χ0) is 27.0. The van der Waals surface area contributed by atoms with Crippen molar-refractivity contribution >= 4 is 23.5 Å². The van der Waals surface area contributed by atoms with Crippen LogP contribution in [0.4, 0.5) is 28.0 Å². The van der Waals surface area contributed by atoms with Gasteiger partial charge in [-0.15, -0.1) is 0 Å². The number of primary amides is 1. The first-order valence-corrected chi connectivity index (χ1v) is 10.8. The van der Waals surface area contributed by atoms with E-state index in [1.165, 1.54) is 10.6 Å². The molecule has 0 saturated carbocycles. The van der Waals surface area contributed by atoms with Gasteiger partial charge in [-0.05, 0) is 36.5 Å². The SMILES string of the molecule is CC1(C)CC(=O)c2c(C(F)(F)F)cn(-c3cc(F)c(C(N)=O)c(N[C@H]4CCOC4)c3)c2C1.O=C([O-])[O-].[K+].[K+]. The van der Waals surface area contributed by atoms with E-state index in [4.69, 9.17) is 25.5 Å². The fourth-order valence-corrected chi connectivity index (χ4v) is 4.48. The number of benzene rings is 1. The van der Waals surface area contributed by atoms with Crippen molar-refractivity contribution < 1.29 is 150 Å². The van der Waals surface area contributed by atoms with Gasteiger partial charge in [0.1, 0.15) is 5.82 Å². The van der Waals surface area contributed by atoms with Crippen molar-refractivity contribution in [2.24, 2.45) is 11.1 Å². The number of fused-ring (bicyclic) bond motifs is 1. The Hall–Kier alpha value is -0.337. The number of carbonyl (C=O) groups excluding carboxylic acids is 3. The maximum Gasteiger partial charge on any atom is 1.00 e. The second kappa shape index (κ2) is 14.0. The zero-order valence-electron chi connectivity index (χ0n) is 21.3. The van der Waals surface area contributed by atoms with Gasteiger partial charge in [0.25, 0.3) is 5.91 Å². The Kier molecular flexibility index (Phi) is 13.2. The van der Waals surface area contributed by atoms with Crippen molar-refractivity contribution in [2.45, 2.75) is 45.3 Å². The van der Waals surface area contributed by atoms with Gasteiger partial charge in [-0.1, -0.05) is 13.8 Å². The van der Waals surface area contributed by atoms with Crippen LogP contribution in [0.25, 0.3) is 5.69 Å². The molecule has 0 spiro atoms. The van der Waals surface area contributed by atoms with Crippen molar-refractivity contribution in [1.29, 1.82) is 0 Å². The van der Waals surface area contributed by atoms with E-state index in [-0.39, 0.29) is 150 Å². The molecule has 0 unspecified atom stereocenters. The number of carbonyl (C=O) groups is 3. The molecule has 4 rings (SSSR count). The van der Waals surface area contributed by atoms with Crippen molar-refractivity contribution in [3.63, 3.8) is 0 Å². The standard InChI is InChI=1S/C22H23F4N3O3.CH2O3.2K/c1-21(2)7-16-18(17(30)8-21)13(22(24,25)26)9-29(16)12-5-14(23)19(20(27)31)15(6-12)28-11-3-4-32-10-11;2-1(3)4;;/h5-6,9,11,28H,3-4,7-8,10H2,1-2H3,(H2,27,31);(H2,2,3,4);;/q;;2*+1/p-2/t11-;;;/m0.../s1. The van der Waals surface area contributed by atoms with Crippen LogP contribution in [0, 0.1) is 11.2 Å². The van der Waals surface area contributed by atoms with Crippen LogP contribution in [0.5, 0.6) is 0 Å². The molecule has 1 aliphatic heterocycles. The van der Waals surface area contributed by atoms with Crippen LogP contribution in [-0.4, -0.2) is 41.7 Å². The molecule has 0 bridgehead atoms. The van der Waals surface area contributed by atoms with Gasteiger partial charge in [0.05, 0.1) is 40.7 Å². The van der Waals surface area contributed by atoms with Crippen LogP contribution >= 0.6 is 0 Å². The number of hydrogen-bond acceptors (Lipinski definition) is 7. The Morgan fingerprint density at radius 2 is 1.79 bits per heavy atom. The number of rotatable bonds is 4. The Morgan fingerprint density at radius 1 is 1.18 bits per heavy atom. The van der Waals surface area contributed by atoms with Crippen LogP contribution < -0.4 is 124 Å². The van der Waals surface area contributed by atoms with E-state index in [1.54, 1.807) is 13.8 Å². The van der Waals surface area contributed by atoms with Crippen molar-refractivity contribution in [3.05, 3.63) is 46.5 Å². The molecule has 1 aromatic heterocycles. The van der Waals surface area contributed by atoms with Gasteiger partial charge in [-0.3, -0.25) is 9.59 Å². The number of hydrogen-bond donors (Lipinski definition) is 2. The molecule has 9 nitrogen and oxygen atoms in total. The summed E-state index contributed by atoms with van der Waals surface area (Å²) in [5.74, 6) is -2.57. The average molecular weight is 592 g/mol.